The molecule has 1 aliphatic rings. The highest BCUT2D eigenvalue weighted by atomic mass is 19.1. The van der Waals surface area contributed by atoms with Crippen LogP contribution >= 0.6 is 0 Å². The predicted octanol–water partition coefficient (Wildman–Crippen LogP) is 1.79. The van der Waals surface area contributed by atoms with E-state index in [0.717, 1.165) is 42.8 Å². The maximum atomic E-state index is 13.9. The number of halogens is 1. The summed E-state index contributed by atoms with van der Waals surface area (Å²) in [5.74, 6) is 0.768. The van der Waals surface area contributed by atoms with Gasteiger partial charge >= 0.3 is 0 Å². The molecule has 5 heteroatoms. The molecule has 0 aliphatic carbocycles. The number of benzene rings is 1. The molecule has 0 unspecified atom stereocenters. The van der Waals surface area contributed by atoms with Gasteiger partial charge in [-0.15, -0.1) is 0 Å². The van der Waals surface area contributed by atoms with Crippen LogP contribution in [0.25, 0.3) is 10.8 Å². The Kier molecular flexibility index (Phi) is 3.21. The zero-order valence-corrected chi connectivity index (χ0v) is 10.8. The summed E-state index contributed by atoms with van der Waals surface area (Å²) in [6.07, 6.45) is 1.76. The summed E-state index contributed by atoms with van der Waals surface area (Å²) in [5, 5.41) is 5.08. The molecule has 0 saturated carbocycles. The fourth-order valence-corrected chi connectivity index (χ4v) is 2.44. The Morgan fingerprint density at radius 1 is 1.32 bits per heavy atom. The van der Waals surface area contributed by atoms with Crippen LogP contribution in [0.4, 0.5) is 10.2 Å². The van der Waals surface area contributed by atoms with Crippen LogP contribution in [0, 0.1) is 5.82 Å². The van der Waals surface area contributed by atoms with Crippen molar-refractivity contribution in [2.24, 2.45) is 0 Å². The fraction of sp³-hybridized carbons (Fsp3) is 0.357. The summed E-state index contributed by atoms with van der Waals surface area (Å²) in [4.78, 5) is 6.60. The third-order valence-corrected chi connectivity index (χ3v) is 3.43. The van der Waals surface area contributed by atoms with E-state index in [4.69, 9.17) is 4.74 Å². The lowest BCUT2D eigenvalue weighted by atomic mass is 10.1. The van der Waals surface area contributed by atoms with Crippen LogP contribution in [-0.4, -0.2) is 38.3 Å². The summed E-state index contributed by atoms with van der Waals surface area (Å²) < 4.78 is 18.9. The molecule has 19 heavy (non-hydrogen) atoms. The molecule has 2 aromatic rings. The van der Waals surface area contributed by atoms with E-state index in [1.165, 1.54) is 13.2 Å². The van der Waals surface area contributed by atoms with E-state index >= 15 is 0 Å². The fourth-order valence-electron chi connectivity index (χ4n) is 2.44. The molecular formula is C14H16FN3O. The summed E-state index contributed by atoms with van der Waals surface area (Å²) in [5.41, 5.74) is 0. The van der Waals surface area contributed by atoms with Crippen LogP contribution in [0.5, 0.6) is 5.75 Å². The van der Waals surface area contributed by atoms with Crippen molar-refractivity contribution in [1.29, 1.82) is 0 Å². The topological polar surface area (TPSA) is 37.4 Å². The number of rotatable bonds is 2. The van der Waals surface area contributed by atoms with Crippen molar-refractivity contribution in [3.05, 3.63) is 30.2 Å². The smallest absolute Gasteiger partial charge is 0.165 e. The molecule has 3 rings (SSSR count). The third kappa shape index (κ3) is 2.21. The first-order chi connectivity index (χ1) is 9.29. The van der Waals surface area contributed by atoms with Gasteiger partial charge in [-0.25, -0.2) is 9.37 Å². The van der Waals surface area contributed by atoms with Gasteiger partial charge in [-0.1, -0.05) is 0 Å². The SMILES string of the molecule is COc1cc2ccnc(N3CCNCC3)c2cc1F. The molecule has 1 aromatic heterocycles. The molecule has 0 spiro atoms. The van der Waals surface area contributed by atoms with Gasteiger partial charge in [-0.2, -0.15) is 0 Å². The molecule has 1 fully saturated rings. The van der Waals surface area contributed by atoms with Gasteiger partial charge in [0.15, 0.2) is 11.6 Å². The summed E-state index contributed by atoms with van der Waals surface area (Å²) >= 11 is 0. The van der Waals surface area contributed by atoms with Gasteiger partial charge in [0, 0.05) is 37.8 Å². The summed E-state index contributed by atoms with van der Waals surface area (Å²) in [6, 6.07) is 5.11. The lowest BCUT2D eigenvalue weighted by Gasteiger charge is -2.29. The third-order valence-electron chi connectivity index (χ3n) is 3.43. The zero-order valence-electron chi connectivity index (χ0n) is 10.8. The molecule has 0 atom stereocenters. The number of methoxy groups -OCH3 is 1. The molecule has 0 radical (unpaired) electrons. The van der Waals surface area contributed by atoms with Crippen LogP contribution in [0.15, 0.2) is 24.4 Å². The number of nitrogens with zero attached hydrogens (tertiary/aromatic N) is 2. The highest BCUT2D eigenvalue weighted by molar-refractivity contribution is 5.93. The Balaban J connectivity index is 2.11. The van der Waals surface area contributed by atoms with Crippen molar-refractivity contribution < 1.29 is 9.13 Å². The van der Waals surface area contributed by atoms with Gasteiger partial charge in [0.05, 0.1) is 7.11 Å². The Labute approximate surface area is 111 Å². The van der Waals surface area contributed by atoms with Crippen molar-refractivity contribution >= 4 is 16.6 Å². The molecule has 0 bridgehead atoms. The van der Waals surface area contributed by atoms with Crippen LogP contribution in [-0.2, 0) is 0 Å². The molecule has 1 aromatic carbocycles. The minimum Gasteiger partial charge on any atom is -0.494 e. The highest BCUT2D eigenvalue weighted by Gasteiger charge is 2.16. The average Bonchev–Trinajstić information content (AvgIpc) is 2.47. The van der Waals surface area contributed by atoms with Gasteiger partial charge in [-0.3, -0.25) is 0 Å². The van der Waals surface area contributed by atoms with Crippen LogP contribution in [0.3, 0.4) is 0 Å². The summed E-state index contributed by atoms with van der Waals surface area (Å²) in [7, 11) is 1.47. The van der Waals surface area contributed by atoms with Crippen molar-refractivity contribution in [2.45, 2.75) is 0 Å². The molecular weight excluding hydrogens is 245 g/mol. The zero-order chi connectivity index (χ0) is 13.2. The Morgan fingerprint density at radius 3 is 2.84 bits per heavy atom. The maximum absolute atomic E-state index is 13.9. The Hall–Kier alpha value is -1.88. The van der Waals surface area contributed by atoms with Crippen LogP contribution < -0.4 is 15.0 Å². The maximum Gasteiger partial charge on any atom is 0.165 e. The van der Waals surface area contributed by atoms with Gasteiger partial charge < -0.3 is 15.0 Å². The van der Waals surface area contributed by atoms with E-state index in [-0.39, 0.29) is 11.6 Å². The highest BCUT2D eigenvalue weighted by Crippen LogP contribution is 2.30. The molecule has 0 amide bonds. The second-order valence-electron chi connectivity index (χ2n) is 4.58. The lowest BCUT2D eigenvalue weighted by molar-refractivity contribution is 0.387. The van der Waals surface area contributed by atoms with Crippen LogP contribution in [0.1, 0.15) is 0 Å². The Bertz CT molecular complexity index is 597. The first kappa shape index (κ1) is 12.2. The van der Waals surface area contributed by atoms with Crippen molar-refractivity contribution in [2.75, 3.05) is 38.2 Å². The van der Waals surface area contributed by atoms with E-state index in [9.17, 15) is 4.39 Å². The minimum atomic E-state index is -0.348. The van der Waals surface area contributed by atoms with Gasteiger partial charge in [0.2, 0.25) is 0 Å². The molecule has 1 saturated heterocycles. The first-order valence-electron chi connectivity index (χ1n) is 6.37. The molecule has 100 valence electrons. The van der Waals surface area contributed by atoms with E-state index in [2.05, 4.69) is 15.2 Å². The van der Waals surface area contributed by atoms with E-state index in [0.29, 0.717) is 0 Å². The van der Waals surface area contributed by atoms with Crippen molar-refractivity contribution in [1.82, 2.24) is 10.3 Å². The second kappa shape index (κ2) is 5.01. The predicted molar refractivity (Wildman–Crippen MR) is 73.3 cm³/mol. The van der Waals surface area contributed by atoms with Crippen LogP contribution in [0.2, 0.25) is 0 Å². The average molecular weight is 261 g/mol. The van der Waals surface area contributed by atoms with E-state index in [1.807, 2.05) is 6.07 Å². The molecule has 2 heterocycles. The monoisotopic (exact) mass is 261 g/mol. The minimum absolute atomic E-state index is 0.268. The van der Waals surface area contributed by atoms with Gasteiger partial charge in [0.1, 0.15) is 5.82 Å². The lowest BCUT2D eigenvalue weighted by Crippen LogP contribution is -2.43. The first-order valence-corrected chi connectivity index (χ1v) is 6.37. The largest absolute Gasteiger partial charge is 0.494 e. The molecule has 1 N–H and O–H groups in total. The molecule has 4 nitrogen and oxygen atoms in total. The van der Waals surface area contributed by atoms with Crippen molar-refractivity contribution in [3.8, 4) is 5.75 Å². The van der Waals surface area contributed by atoms with Crippen molar-refractivity contribution in [3.63, 3.8) is 0 Å². The Morgan fingerprint density at radius 2 is 2.11 bits per heavy atom. The number of ether oxygens (including phenoxy) is 1. The number of pyridine rings is 1. The van der Waals surface area contributed by atoms with E-state index in [1.54, 1.807) is 12.3 Å². The number of fused-ring (bicyclic) bond motifs is 1. The normalized spacial score (nSPS) is 15.8. The second-order valence-corrected chi connectivity index (χ2v) is 4.58. The number of hydrogen-bond acceptors (Lipinski definition) is 4. The quantitative estimate of drug-likeness (QED) is 0.894. The molecule has 1 aliphatic heterocycles. The number of anilines is 1. The van der Waals surface area contributed by atoms with E-state index < -0.39 is 0 Å². The standard InChI is InChI=1S/C14H16FN3O/c1-19-13-8-10-2-3-17-14(11(10)9-12(13)15)18-6-4-16-5-7-18/h2-3,8-9,16H,4-7H2,1H3. The number of nitrogens with one attached hydrogen (secondary N) is 1. The van der Waals surface area contributed by atoms with Gasteiger partial charge in [-0.05, 0) is 23.6 Å². The number of piperazine rings is 1. The number of aromatic nitrogens is 1. The van der Waals surface area contributed by atoms with Gasteiger partial charge in [0.25, 0.3) is 0 Å². The summed E-state index contributed by atoms with van der Waals surface area (Å²) in [6.45, 7) is 3.63. The number of hydrogen-bond donors (Lipinski definition) is 1.